The summed E-state index contributed by atoms with van der Waals surface area (Å²) in [6.45, 7) is 1.70. The average Bonchev–Trinajstić information content (AvgIpc) is 2.34. The normalized spacial score (nSPS) is 10.8. The minimum atomic E-state index is -0.667. The Kier molecular flexibility index (Phi) is 3.53. The number of rotatable bonds is 4. The van der Waals surface area contributed by atoms with E-state index < -0.39 is 5.76 Å². The van der Waals surface area contributed by atoms with E-state index in [9.17, 15) is 9.59 Å². The SMILES string of the molecule is Cc1nc(=O)oc2cc(C(=O)CCCO)ccc12. The maximum absolute atomic E-state index is 11.8. The third kappa shape index (κ3) is 2.46. The molecule has 0 spiro atoms. The van der Waals surface area contributed by atoms with Crippen LogP contribution >= 0.6 is 0 Å². The lowest BCUT2D eigenvalue weighted by molar-refractivity contribution is 0.0971. The van der Waals surface area contributed by atoms with Crippen LogP contribution in [0.3, 0.4) is 0 Å². The molecule has 0 aliphatic carbocycles. The van der Waals surface area contributed by atoms with Crippen LogP contribution in [0.1, 0.15) is 28.9 Å². The Labute approximate surface area is 103 Å². The second kappa shape index (κ2) is 5.10. The summed E-state index contributed by atoms with van der Waals surface area (Å²) in [6.07, 6.45) is 0.701. The van der Waals surface area contributed by atoms with Crippen LogP contribution in [0, 0.1) is 6.92 Å². The fraction of sp³-hybridized carbons (Fsp3) is 0.308. The van der Waals surface area contributed by atoms with Gasteiger partial charge in [0.2, 0.25) is 0 Å². The summed E-state index contributed by atoms with van der Waals surface area (Å²) in [4.78, 5) is 26.6. The van der Waals surface area contributed by atoms with Crippen molar-refractivity contribution in [2.24, 2.45) is 0 Å². The molecular formula is C13H13NO4. The summed E-state index contributed by atoms with van der Waals surface area (Å²) in [5.41, 5.74) is 1.42. The van der Waals surface area contributed by atoms with Crippen LogP contribution in [0.4, 0.5) is 0 Å². The van der Waals surface area contributed by atoms with Gasteiger partial charge < -0.3 is 9.52 Å². The highest BCUT2D eigenvalue weighted by Gasteiger charge is 2.09. The lowest BCUT2D eigenvalue weighted by atomic mass is 10.0. The van der Waals surface area contributed by atoms with Gasteiger partial charge in [-0.2, -0.15) is 4.98 Å². The van der Waals surface area contributed by atoms with Crippen LogP contribution in [0.2, 0.25) is 0 Å². The van der Waals surface area contributed by atoms with E-state index in [2.05, 4.69) is 4.98 Å². The molecule has 5 nitrogen and oxygen atoms in total. The number of aliphatic hydroxyl groups is 1. The number of aromatic nitrogens is 1. The van der Waals surface area contributed by atoms with Crippen LogP contribution in [-0.4, -0.2) is 22.5 Å². The maximum atomic E-state index is 11.8. The predicted octanol–water partition coefficient (Wildman–Crippen LogP) is 1.45. The zero-order chi connectivity index (χ0) is 13.1. The minimum Gasteiger partial charge on any atom is -0.408 e. The van der Waals surface area contributed by atoms with Crippen molar-refractivity contribution >= 4 is 16.8 Å². The Morgan fingerprint density at radius 1 is 1.44 bits per heavy atom. The number of carbonyl (C=O) groups excluding carboxylic acids is 1. The Balaban J connectivity index is 2.44. The first kappa shape index (κ1) is 12.4. The van der Waals surface area contributed by atoms with E-state index in [0.29, 0.717) is 28.6 Å². The van der Waals surface area contributed by atoms with E-state index in [0.717, 1.165) is 0 Å². The molecule has 0 unspecified atom stereocenters. The molecule has 1 aromatic heterocycles. The number of fused-ring (bicyclic) bond motifs is 1. The van der Waals surface area contributed by atoms with Gasteiger partial charge >= 0.3 is 5.76 Å². The molecule has 1 heterocycles. The van der Waals surface area contributed by atoms with E-state index in [4.69, 9.17) is 9.52 Å². The Hall–Kier alpha value is -2.01. The molecule has 18 heavy (non-hydrogen) atoms. The van der Waals surface area contributed by atoms with Crippen molar-refractivity contribution in [3.63, 3.8) is 0 Å². The van der Waals surface area contributed by atoms with Crippen molar-refractivity contribution < 1.29 is 14.3 Å². The highest BCUT2D eigenvalue weighted by atomic mass is 16.4. The van der Waals surface area contributed by atoms with Gasteiger partial charge in [-0.25, -0.2) is 4.79 Å². The lowest BCUT2D eigenvalue weighted by Gasteiger charge is -2.03. The fourth-order valence-corrected chi connectivity index (χ4v) is 1.78. The molecule has 0 bridgehead atoms. The quantitative estimate of drug-likeness (QED) is 0.827. The molecule has 0 aliphatic heterocycles. The van der Waals surface area contributed by atoms with Gasteiger partial charge in [0.25, 0.3) is 0 Å². The topological polar surface area (TPSA) is 80.4 Å². The lowest BCUT2D eigenvalue weighted by Crippen LogP contribution is -2.06. The van der Waals surface area contributed by atoms with Crippen molar-refractivity contribution in [3.05, 3.63) is 40.0 Å². The van der Waals surface area contributed by atoms with E-state index in [1.165, 1.54) is 0 Å². The van der Waals surface area contributed by atoms with Gasteiger partial charge in [-0.05, 0) is 25.5 Å². The number of ketones is 1. The number of benzene rings is 1. The Morgan fingerprint density at radius 3 is 2.94 bits per heavy atom. The number of aryl methyl sites for hydroxylation is 1. The molecule has 0 atom stereocenters. The standard InChI is InChI=1S/C13H13NO4/c1-8-10-5-4-9(11(16)3-2-6-15)7-12(10)18-13(17)14-8/h4-5,7,15H,2-3,6H2,1H3. The molecule has 2 rings (SSSR count). The van der Waals surface area contributed by atoms with Crippen molar-refractivity contribution in [1.82, 2.24) is 4.98 Å². The van der Waals surface area contributed by atoms with Crippen LogP contribution in [0.15, 0.2) is 27.4 Å². The number of hydrogen-bond donors (Lipinski definition) is 1. The second-order valence-corrected chi connectivity index (χ2v) is 4.03. The van der Waals surface area contributed by atoms with E-state index in [1.807, 2.05) is 0 Å². The Bertz CT molecular complexity index is 645. The van der Waals surface area contributed by atoms with Gasteiger partial charge in [-0.3, -0.25) is 4.79 Å². The van der Waals surface area contributed by atoms with Crippen molar-refractivity contribution in [2.75, 3.05) is 6.61 Å². The minimum absolute atomic E-state index is 0.0164. The molecular weight excluding hydrogens is 234 g/mol. The van der Waals surface area contributed by atoms with Gasteiger partial charge in [-0.15, -0.1) is 0 Å². The maximum Gasteiger partial charge on any atom is 0.439 e. The molecule has 1 N–H and O–H groups in total. The van der Waals surface area contributed by atoms with E-state index in [-0.39, 0.29) is 18.8 Å². The third-order valence-corrected chi connectivity index (χ3v) is 2.71. The number of aliphatic hydroxyl groups excluding tert-OH is 1. The first-order valence-corrected chi connectivity index (χ1v) is 5.67. The number of Topliss-reactive ketones (excluding diaryl/α,β-unsaturated/α-hetero) is 1. The summed E-state index contributed by atoms with van der Waals surface area (Å²) < 4.78 is 4.97. The zero-order valence-electron chi connectivity index (χ0n) is 9.97. The highest BCUT2D eigenvalue weighted by molar-refractivity contribution is 5.99. The second-order valence-electron chi connectivity index (χ2n) is 4.03. The molecule has 0 saturated carbocycles. The van der Waals surface area contributed by atoms with Crippen LogP contribution in [0.25, 0.3) is 11.0 Å². The van der Waals surface area contributed by atoms with Gasteiger partial charge in [0.1, 0.15) is 5.58 Å². The number of hydrogen-bond acceptors (Lipinski definition) is 5. The first-order valence-electron chi connectivity index (χ1n) is 5.67. The summed E-state index contributed by atoms with van der Waals surface area (Å²) in [5, 5.41) is 9.40. The third-order valence-electron chi connectivity index (χ3n) is 2.71. The smallest absolute Gasteiger partial charge is 0.408 e. The summed E-state index contributed by atoms with van der Waals surface area (Å²) in [5.74, 6) is -0.747. The average molecular weight is 247 g/mol. The van der Waals surface area contributed by atoms with E-state index >= 15 is 0 Å². The first-order chi connectivity index (χ1) is 8.61. The monoisotopic (exact) mass is 247 g/mol. The highest BCUT2D eigenvalue weighted by Crippen LogP contribution is 2.17. The molecule has 1 aromatic carbocycles. The fourth-order valence-electron chi connectivity index (χ4n) is 1.78. The number of nitrogens with zero attached hydrogens (tertiary/aromatic N) is 1. The summed E-state index contributed by atoms with van der Waals surface area (Å²) in [6, 6.07) is 4.94. The Morgan fingerprint density at radius 2 is 2.22 bits per heavy atom. The largest absolute Gasteiger partial charge is 0.439 e. The zero-order valence-corrected chi connectivity index (χ0v) is 9.97. The van der Waals surface area contributed by atoms with Crippen molar-refractivity contribution in [2.45, 2.75) is 19.8 Å². The van der Waals surface area contributed by atoms with Crippen LogP contribution in [0.5, 0.6) is 0 Å². The van der Waals surface area contributed by atoms with Crippen molar-refractivity contribution in [3.8, 4) is 0 Å². The molecule has 2 aromatic rings. The molecule has 0 fully saturated rings. The molecule has 94 valence electrons. The summed E-state index contributed by atoms with van der Waals surface area (Å²) in [7, 11) is 0. The van der Waals surface area contributed by atoms with Gasteiger partial charge in [0.05, 0.1) is 5.69 Å². The number of carbonyl (C=O) groups is 1. The molecule has 5 heteroatoms. The molecule has 0 amide bonds. The van der Waals surface area contributed by atoms with Gasteiger partial charge in [-0.1, -0.05) is 6.07 Å². The molecule has 0 aliphatic rings. The van der Waals surface area contributed by atoms with Crippen LogP contribution in [-0.2, 0) is 0 Å². The van der Waals surface area contributed by atoms with Gasteiger partial charge in [0.15, 0.2) is 5.78 Å². The molecule has 0 radical (unpaired) electrons. The van der Waals surface area contributed by atoms with E-state index in [1.54, 1.807) is 25.1 Å². The molecule has 0 saturated heterocycles. The van der Waals surface area contributed by atoms with Crippen molar-refractivity contribution in [1.29, 1.82) is 0 Å². The predicted molar refractivity (Wildman–Crippen MR) is 65.7 cm³/mol. The van der Waals surface area contributed by atoms with Gasteiger partial charge in [0, 0.05) is 24.0 Å². The summed E-state index contributed by atoms with van der Waals surface area (Å²) >= 11 is 0. The van der Waals surface area contributed by atoms with Crippen LogP contribution < -0.4 is 5.76 Å².